The van der Waals surface area contributed by atoms with Crippen molar-refractivity contribution in [2.24, 2.45) is 0 Å². The molecular weight excluding hydrogens is 294 g/mol. The first-order valence-corrected chi connectivity index (χ1v) is 8.08. The molecule has 0 bridgehead atoms. The molecule has 1 amide bonds. The molecule has 2 N–H and O–H groups in total. The van der Waals surface area contributed by atoms with Crippen LogP contribution in [0.5, 0.6) is 0 Å². The fraction of sp³-hybridized carbons (Fsp3) is 0.500. The number of hydrogen-bond acceptors (Lipinski definition) is 4. The minimum atomic E-state index is -0.368. The summed E-state index contributed by atoms with van der Waals surface area (Å²) in [4.78, 5) is 29.2. The largest absolute Gasteiger partial charge is 0.352 e. The van der Waals surface area contributed by atoms with Gasteiger partial charge in [0.05, 0.1) is 17.8 Å². The average Bonchev–Trinajstić information content (AvgIpc) is 3.07. The third-order valence-electron chi connectivity index (χ3n) is 4.24. The van der Waals surface area contributed by atoms with Crippen LogP contribution in [0.15, 0.2) is 29.6 Å². The number of amides is 1. The molecule has 0 aromatic carbocycles. The minimum absolute atomic E-state index is 0.121. The van der Waals surface area contributed by atoms with Crippen molar-refractivity contribution in [1.29, 1.82) is 0 Å². The van der Waals surface area contributed by atoms with Crippen molar-refractivity contribution in [2.75, 3.05) is 6.54 Å². The SMILES string of the molecule is O=C(NCCc1cnc(=O)[nH]c1)c1cnn(C2CCCCC2)c1. The van der Waals surface area contributed by atoms with Gasteiger partial charge in [-0.2, -0.15) is 5.10 Å². The van der Waals surface area contributed by atoms with Crippen LogP contribution in [0, 0.1) is 0 Å². The highest BCUT2D eigenvalue weighted by atomic mass is 16.1. The number of nitrogens with one attached hydrogen (secondary N) is 2. The van der Waals surface area contributed by atoms with Gasteiger partial charge in [-0.3, -0.25) is 9.48 Å². The van der Waals surface area contributed by atoms with E-state index in [-0.39, 0.29) is 11.6 Å². The lowest BCUT2D eigenvalue weighted by Gasteiger charge is -2.21. The molecule has 0 atom stereocenters. The molecule has 0 radical (unpaired) electrons. The van der Waals surface area contributed by atoms with Gasteiger partial charge < -0.3 is 10.3 Å². The van der Waals surface area contributed by atoms with Gasteiger partial charge in [0.25, 0.3) is 5.91 Å². The van der Waals surface area contributed by atoms with Gasteiger partial charge in [0.2, 0.25) is 0 Å². The molecule has 0 spiro atoms. The van der Waals surface area contributed by atoms with E-state index in [1.807, 2.05) is 10.9 Å². The van der Waals surface area contributed by atoms with Crippen molar-refractivity contribution in [3.8, 4) is 0 Å². The number of carbonyl (C=O) groups excluding carboxylic acids is 1. The Labute approximate surface area is 134 Å². The fourth-order valence-corrected chi connectivity index (χ4v) is 2.93. The molecular formula is C16H21N5O2. The van der Waals surface area contributed by atoms with Crippen LogP contribution in [0.2, 0.25) is 0 Å². The minimum Gasteiger partial charge on any atom is -0.352 e. The van der Waals surface area contributed by atoms with Gasteiger partial charge in [0.15, 0.2) is 0 Å². The summed E-state index contributed by atoms with van der Waals surface area (Å²) in [5.74, 6) is -0.121. The summed E-state index contributed by atoms with van der Waals surface area (Å²) in [5.41, 5.74) is 1.10. The maximum absolute atomic E-state index is 12.1. The van der Waals surface area contributed by atoms with Crippen LogP contribution in [-0.4, -0.2) is 32.2 Å². The first-order chi connectivity index (χ1) is 11.2. The summed E-state index contributed by atoms with van der Waals surface area (Å²) in [6.45, 7) is 0.487. The van der Waals surface area contributed by atoms with Gasteiger partial charge >= 0.3 is 5.69 Å². The fourth-order valence-electron chi connectivity index (χ4n) is 2.93. The van der Waals surface area contributed by atoms with Gasteiger partial charge in [0, 0.05) is 25.1 Å². The van der Waals surface area contributed by atoms with Crippen molar-refractivity contribution in [1.82, 2.24) is 25.1 Å². The smallest absolute Gasteiger partial charge is 0.344 e. The van der Waals surface area contributed by atoms with E-state index in [1.165, 1.54) is 25.5 Å². The molecule has 0 saturated heterocycles. The van der Waals surface area contributed by atoms with Crippen LogP contribution in [-0.2, 0) is 6.42 Å². The molecule has 0 unspecified atom stereocenters. The van der Waals surface area contributed by atoms with E-state index in [9.17, 15) is 9.59 Å². The second-order valence-corrected chi connectivity index (χ2v) is 5.93. The Morgan fingerprint density at radius 3 is 2.87 bits per heavy atom. The topological polar surface area (TPSA) is 92.7 Å². The molecule has 1 aliphatic carbocycles. The number of aromatic amines is 1. The standard InChI is InChI=1S/C16H21N5O2/c22-15(17-7-6-12-8-18-16(23)19-9-12)13-10-20-21(11-13)14-4-2-1-3-5-14/h8-11,14H,1-7H2,(H,17,22)(H,18,19,23). The molecule has 0 aliphatic heterocycles. The summed E-state index contributed by atoms with van der Waals surface area (Å²) in [6, 6.07) is 0.428. The number of aromatic nitrogens is 4. The highest BCUT2D eigenvalue weighted by Crippen LogP contribution is 2.27. The second-order valence-electron chi connectivity index (χ2n) is 5.93. The Balaban J connectivity index is 1.51. The summed E-state index contributed by atoms with van der Waals surface area (Å²) in [6.07, 6.45) is 13.3. The summed E-state index contributed by atoms with van der Waals surface area (Å²) in [7, 11) is 0. The molecule has 2 aromatic heterocycles. The Morgan fingerprint density at radius 1 is 1.30 bits per heavy atom. The Bertz CT molecular complexity index is 695. The zero-order chi connectivity index (χ0) is 16.1. The van der Waals surface area contributed by atoms with Crippen LogP contribution in [0.25, 0.3) is 0 Å². The zero-order valence-electron chi connectivity index (χ0n) is 13.0. The van der Waals surface area contributed by atoms with E-state index in [0.29, 0.717) is 24.6 Å². The quantitative estimate of drug-likeness (QED) is 0.873. The van der Waals surface area contributed by atoms with E-state index >= 15 is 0 Å². The van der Waals surface area contributed by atoms with Crippen LogP contribution >= 0.6 is 0 Å². The van der Waals surface area contributed by atoms with Crippen molar-refractivity contribution >= 4 is 5.91 Å². The number of carbonyl (C=O) groups is 1. The van der Waals surface area contributed by atoms with Crippen LogP contribution < -0.4 is 11.0 Å². The highest BCUT2D eigenvalue weighted by molar-refractivity contribution is 5.93. The normalized spacial score (nSPS) is 15.5. The summed E-state index contributed by atoms with van der Waals surface area (Å²) < 4.78 is 1.93. The molecule has 2 heterocycles. The number of H-pyrrole nitrogens is 1. The average molecular weight is 315 g/mol. The first-order valence-electron chi connectivity index (χ1n) is 8.08. The molecule has 23 heavy (non-hydrogen) atoms. The van der Waals surface area contributed by atoms with E-state index < -0.39 is 0 Å². The van der Waals surface area contributed by atoms with Crippen LogP contribution in [0.1, 0.15) is 54.1 Å². The maximum Gasteiger partial charge on any atom is 0.344 e. The highest BCUT2D eigenvalue weighted by Gasteiger charge is 2.17. The third kappa shape index (κ3) is 4.06. The van der Waals surface area contributed by atoms with E-state index in [2.05, 4.69) is 20.4 Å². The van der Waals surface area contributed by atoms with Gasteiger partial charge in [0.1, 0.15) is 0 Å². The van der Waals surface area contributed by atoms with Crippen LogP contribution in [0.4, 0.5) is 0 Å². The number of rotatable bonds is 5. The Hall–Kier alpha value is -2.44. The van der Waals surface area contributed by atoms with Gasteiger partial charge in [-0.15, -0.1) is 0 Å². The predicted octanol–water partition coefficient (Wildman–Crippen LogP) is 1.44. The molecule has 2 aromatic rings. The van der Waals surface area contributed by atoms with E-state index in [0.717, 1.165) is 18.4 Å². The lowest BCUT2D eigenvalue weighted by molar-refractivity contribution is 0.0954. The molecule has 7 heteroatoms. The Kier molecular flexibility index (Phi) is 4.85. The van der Waals surface area contributed by atoms with E-state index in [1.54, 1.807) is 12.4 Å². The number of nitrogens with zero attached hydrogens (tertiary/aromatic N) is 3. The summed E-state index contributed by atoms with van der Waals surface area (Å²) in [5, 5.41) is 7.21. The van der Waals surface area contributed by atoms with Crippen molar-refractivity contribution < 1.29 is 4.79 Å². The van der Waals surface area contributed by atoms with Gasteiger partial charge in [-0.1, -0.05) is 19.3 Å². The van der Waals surface area contributed by atoms with Crippen molar-refractivity contribution in [3.05, 3.63) is 46.4 Å². The zero-order valence-corrected chi connectivity index (χ0v) is 13.0. The molecule has 1 aliphatic rings. The molecule has 122 valence electrons. The molecule has 3 rings (SSSR count). The van der Waals surface area contributed by atoms with Gasteiger partial charge in [-0.05, 0) is 24.8 Å². The monoisotopic (exact) mass is 315 g/mol. The van der Waals surface area contributed by atoms with Crippen molar-refractivity contribution in [3.63, 3.8) is 0 Å². The maximum atomic E-state index is 12.1. The van der Waals surface area contributed by atoms with E-state index in [4.69, 9.17) is 0 Å². The van der Waals surface area contributed by atoms with Gasteiger partial charge in [-0.25, -0.2) is 9.78 Å². The van der Waals surface area contributed by atoms with Crippen molar-refractivity contribution in [2.45, 2.75) is 44.6 Å². The lowest BCUT2D eigenvalue weighted by atomic mass is 9.96. The molecule has 7 nitrogen and oxygen atoms in total. The number of hydrogen-bond donors (Lipinski definition) is 2. The lowest BCUT2D eigenvalue weighted by Crippen LogP contribution is -2.25. The third-order valence-corrected chi connectivity index (χ3v) is 4.24. The summed E-state index contributed by atoms with van der Waals surface area (Å²) >= 11 is 0. The predicted molar refractivity (Wildman–Crippen MR) is 85.2 cm³/mol. The molecule has 1 fully saturated rings. The Morgan fingerprint density at radius 2 is 2.13 bits per heavy atom. The van der Waals surface area contributed by atoms with Crippen LogP contribution in [0.3, 0.4) is 0 Å². The first kappa shape index (κ1) is 15.5. The molecule has 1 saturated carbocycles. The second kappa shape index (κ2) is 7.21.